The number of nitrogens with one attached hydrogen (secondary N) is 1. The van der Waals surface area contributed by atoms with Crippen LogP contribution in [0.4, 0.5) is 0 Å². The summed E-state index contributed by atoms with van der Waals surface area (Å²) in [6, 6.07) is 4.12. The SMILES string of the molecule is C=C(C)C(NCC)c1ccc(C)o1. The van der Waals surface area contributed by atoms with Gasteiger partial charge in [-0.25, -0.2) is 0 Å². The van der Waals surface area contributed by atoms with Crippen molar-refractivity contribution in [1.29, 1.82) is 0 Å². The van der Waals surface area contributed by atoms with Gasteiger partial charge in [0, 0.05) is 0 Å². The summed E-state index contributed by atoms with van der Waals surface area (Å²) in [7, 11) is 0. The van der Waals surface area contributed by atoms with Gasteiger partial charge in [-0.2, -0.15) is 0 Å². The number of hydrogen-bond donors (Lipinski definition) is 1. The average molecular weight is 179 g/mol. The maximum Gasteiger partial charge on any atom is 0.125 e. The van der Waals surface area contributed by atoms with E-state index in [1.807, 2.05) is 26.0 Å². The van der Waals surface area contributed by atoms with Crippen molar-refractivity contribution < 1.29 is 4.42 Å². The molecule has 2 heteroatoms. The van der Waals surface area contributed by atoms with Crippen LogP contribution in [0.1, 0.15) is 31.4 Å². The molecule has 0 saturated heterocycles. The van der Waals surface area contributed by atoms with Gasteiger partial charge in [0.1, 0.15) is 11.5 Å². The van der Waals surface area contributed by atoms with E-state index in [2.05, 4.69) is 18.8 Å². The molecular weight excluding hydrogens is 162 g/mol. The van der Waals surface area contributed by atoms with Gasteiger partial charge in [-0.1, -0.05) is 19.1 Å². The van der Waals surface area contributed by atoms with Crippen LogP contribution in [0.5, 0.6) is 0 Å². The normalized spacial score (nSPS) is 12.8. The van der Waals surface area contributed by atoms with E-state index < -0.39 is 0 Å². The zero-order valence-corrected chi connectivity index (χ0v) is 8.55. The molecule has 0 radical (unpaired) electrons. The molecule has 1 unspecified atom stereocenters. The molecule has 0 aliphatic rings. The first-order valence-electron chi connectivity index (χ1n) is 4.60. The number of rotatable bonds is 4. The zero-order valence-electron chi connectivity index (χ0n) is 8.55. The maximum absolute atomic E-state index is 5.54. The van der Waals surface area contributed by atoms with E-state index in [4.69, 9.17) is 4.42 Å². The molecule has 1 atom stereocenters. The number of aryl methyl sites for hydroxylation is 1. The molecule has 0 aliphatic heterocycles. The lowest BCUT2D eigenvalue weighted by Crippen LogP contribution is -2.20. The highest BCUT2D eigenvalue weighted by Gasteiger charge is 2.13. The molecule has 0 saturated carbocycles. The van der Waals surface area contributed by atoms with Crippen LogP contribution in [0.2, 0.25) is 0 Å². The summed E-state index contributed by atoms with van der Waals surface area (Å²) in [4.78, 5) is 0. The van der Waals surface area contributed by atoms with Crippen LogP contribution in [0, 0.1) is 6.92 Å². The van der Waals surface area contributed by atoms with Gasteiger partial charge >= 0.3 is 0 Å². The molecule has 0 fully saturated rings. The van der Waals surface area contributed by atoms with Crippen molar-refractivity contribution in [3.05, 3.63) is 35.8 Å². The summed E-state index contributed by atoms with van der Waals surface area (Å²) in [5, 5.41) is 3.32. The second-order valence-corrected chi connectivity index (χ2v) is 3.29. The zero-order chi connectivity index (χ0) is 9.84. The summed E-state index contributed by atoms with van der Waals surface area (Å²) in [5.74, 6) is 1.89. The van der Waals surface area contributed by atoms with Gasteiger partial charge in [0.25, 0.3) is 0 Å². The van der Waals surface area contributed by atoms with E-state index in [-0.39, 0.29) is 6.04 Å². The Balaban J connectivity index is 2.81. The van der Waals surface area contributed by atoms with Gasteiger partial charge in [-0.05, 0) is 32.5 Å². The molecule has 1 aromatic heterocycles. The van der Waals surface area contributed by atoms with Gasteiger partial charge in [0.2, 0.25) is 0 Å². The largest absolute Gasteiger partial charge is 0.464 e. The van der Waals surface area contributed by atoms with E-state index in [9.17, 15) is 0 Å². The van der Waals surface area contributed by atoms with Gasteiger partial charge in [-0.3, -0.25) is 0 Å². The van der Waals surface area contributed by atoms with Crippen molar-refractivity contribution in [1.82, 2.24) is 5.32 Å². The monoisotopic (exact) mass is 179 g/mol. The third kappa shape index (κ3) is 2.46. The minimum Gasteiger partial charge on any atom is -0.464 e. The Morgan fingerprint density at radius 3 is 2.69 bits per heavy atom. The van der Waals surface area contributed by atoms with E-state index in [0.29, 0.717) is 0 Å². The first-order chi connectivity index (χ1) is 6.15. The Bertz CT molecular complexity index is 288. The Labute approximate surface area is 79.6 Å². The van der Waals surface area contributed by atoms with Crippen LogP contribution in [0.15, 0.2) is 28.7 Å². The summed E-state index contributed by atoms with van der Waals surface area (Å²) in [6.45, 7) is 10.9. The molecule has 2 nitrogen and oxygen atoms in total. The van der Waals surface area contributed by atoms with Crippen molar-refractivity contribution in [2.75, 3.05) is 6.54 Å². The number of likely N-dealkylation sites (N-methyl/N-ethyl adjacent to an activating group) is 1. The Kier molecular flexibility index (Phi) is 3.32. The fourth-order valence-electron chi connectivity index (χ4n) is 1.33. The summed E-state index contributed by atoms with van der Waals surface area (Å²) in [6.07, 6.45) is 0. The second kappa shape index (κ2) is 4.28. The summed E-state index contributed by atoms with van der Waals surface area (Å²) >= 11 is 0. The predicted molar refractivity (Wildman–Crippen MR) is 54.7 cm³/mol. The van der Waals surface area contributed by atoms with Gasteiger partial charge in [0.15, 0.2) is 0 Å². The molecule has 72 valence electrons. The first kappa shape index (κ1) is 10.1. The summed E-state index contributed by atoms with van der Waals surface area (Å²) in [5.41, 5.74) is 1.08. The standard InChI is InChI=1S/C11H17NO/c1-5-12-11(8(2)3)10-7-6-9(4)13-10/h6-7,11-12H,2,5H2,1,3-4H3. The average Bonchev–Trinajstić information content (AvgIpc) is 2.46. The fraction of sp³-hybridized carbons (Fsp3) is 0.455. The van der Waals surface area contributed by atoms with Crippen molar-refractivity contribution in [3.8, 4) is 0 Å². The molecule has 0 aliphatic carbocycles. The lowest BCUT2D eigenvalue weighted by Gasteiger charge is -2.14. The van der Waals surface area contributed by atoms with Crippen molar-refractivity contribution in [3.63, 3.8) is 0 Å². The number of furan rings is 1. The lowest BCUT2D eigenvalue weighted by molar-refractivity contribution is 0.432. The summed E-state index contributed by atoms with van der Waals surface area (Å²) < 4.78 is 5.54. The van der Waals surface area contributed by atoms with Gasteiger partial charge in [0.05, 0.1) is 6.04 Å². The third-order valence-electron chi connectivity index (χ3n) is 1.95. The topological polar surface area (TPSA) is 25.2 Å². The molecule has 0 aromatic carbocycles. The van der Waals surface area contributed by atoms with Crippen LogP contribution < -0.4 is 5.32 Å². The molecule has 1 N–H and O–H groups in total. The first-order valence-corrected chi connectivity index (χ1v) is 4.60. The lowest BCUT2D eigenvalue weighted by atomic mass is 10.1. The van der Waals surface area contributed by atoms with Gasteiger partial charge in [-0.15, -0.1) is 0 Å². The van der Waals surface area contributed by atoms with E-state index in [1.165, 1.54) is 0 Å². The van der Waals surface area contributed by atoms with Crippen molar-refractivity contribution in [2.45, 2.75) is 26.8 Å². The van der Waals surface area contributed by atoms with Crippen molar-refractivity contribution >= 4 is 0 Å². The smallest absolute Gasteiger partial charge is 0.125 e. The molecular formula is C11H17NO. The molecule has 13 heavy (non-hydrogen) atoms. The third-order valence-corrected chi connectivity index (χ3v) is 1.95. The molecule has 1 rings (SSSR count). The minimum absolute atomic E-state index is 0.152. The van der Waals surface area contributed by atoms with Crippen LogP contribution >= 0.6 is 0 Å². The second-order valence-electron chi connectivity index (χ2n) is 3.29. The van der Waals surface area contributed by atoms with E-state index >= 15 is 0 Å². The molecule has 0 spiro atoms. The minimum atomic E-state index is 0.152. The van der Waals surface area contributed by atoms with Gasteiger partial charge < -0.3 is 9.73 Å². The Morgan fingerprint density at radius 1 is 1.62 bits per heavy atom. The van der Waals surface area contributed by atoms with E-state index in [1.54, 1.807) is 0 Å². The Hall–Kier alpha value is -1.02. The molecule has 0 amide bonds. The van der Waals surface area contributed by atoms with Crippen LogP contribution in [0.25, 0.3) is 0 Å². The van der Waals surface area contributed by atoms with Crippen LogP contribution in [-0.4, -0.2) is 6.54 Å². The van der Waals surface area contributed by atoms with E-state index in [0.717, 1.165) is 23.6 Å². The maximum atomic E-state index is 5.54. The molecule has 1 aromatic rings. The highest BCUT2D eigenvalue weighted by molar-refractivity contribution is 5.18. The predicted octanol–water partition coefficient (Wildman–Crippen LogP) is 2.81. The molecule has 1 heterocycles. The highest BCUT2D eigenvalue weighted by Crippen LogP contribution is 2.21. The van der Waals surface area contributed by atoms with Crippen molar-refractivity contribution in [2.24, 2.45) is 0 Å². The highest BCUT2D eigenvalue weighted by atomic mass is 16.3. The van der Waals surface area contributed by atoms with Crippen LogP contribution in [0.3, 0.4) is 0 Å². The Morgan fingerprint density at radius 2 is 2.31 bits per heavy atom. The van der Waals surface area contributed by atoms with Crippen LogP contribution in [-0.2, 0) is 0 Å². The fourth-order valence-corrected chi connectivity index (χ4v) is 1.33. The molecule has 0 bridgehead atoms. The quantitative estimate of drug-likeness (QED) is 0.719. The number of hydrogen-bond acceptors (Lipinski definition) is 2.